The first-order valence-electron chi connectivity index (χ1n) is 9.15. The number of anilines is 1. The molecule has 3 unspecified atom stereocenters. The monoisotopic (exact) mass is 356 g/mol. The molecule has 0 spiro atoms. The molecular weight excluding hydrogens is 328 g/mol. The minimum atomic E-state index is -0.0924. The molecule has 1 heterocycles. The number of allylic oxidation sites excluding steroid dienone is 3. The Morgan fingerprint density at radius 2 is 2.12 bits per heavy atom. The zero-order valence-electron chi connectivity index (χ0n) is 15.8. The summed E-state index contributed by atoms with van der Waals surface area (Å²) in [7, 11) is 1.66. The van der Waals surface area contributed by atoms with Gasteiger partial charge in [0, 0.05) is 31.8 Å². The molecule has 1 fully saturated rings. The largest absolute Gasteiger partial charge is 0.488 e. The molecule has 0 saturated carbocycles. The summed E-state index contributed by atoms with van der Waals surface area (Å²) in [4.78, 5) is 15.2. The van der Waals surface area contributed by atoms with Gasteiger partial charge in [-0.25, -0.2) is 0 Å². The fourth-order valence-corrected chi connectivity index (χ4v) is 3.79. The summed E-state index contributed by atoms with van der Waals surface area (Å²) in [5, 5.41) is 0. The number of rotatable bonds is 5. The van der Waals surface area contributed by atoms with Crippen molar-refractivity contribution >= 4 is 11.6 Å². The van der Waals surface area contributed by atoms with E-state index in [4.69, 9.17) is 15.2 Å². The number of carbonyl (C=O) groups is 1. The van der Waals surface area contributed by atoms with Crippen molar-refractivity contribution < 1.29 is 14.3 Å². The van der Waals surface area contributed by atoms with Crippen LogP contribution in [0.1, 0.15) is 26.7 Å². The molecule has 0 radical (unpaired) electrons. The van der Waals surface area contributed by atoms with E-state index in [1.54, 1.807) is 7.11 Å². The summed E-state index contributed by atoms with van der Waals surface area (Å²) in [6.45, 7) is 5.26. The fourth-order valence-electron chi connectivity index (χ4n) is 3.79. The molecule has 2 N–H and O–H groups in total. The van der Waals surface area contributed by atoms with Crippen molar-refractivity contribution in [1.82, 2.24) is 4.90 Å². The van der Waals surface area contributed by atoms with Crippen molar-refractivity contribution in [1.29, 1.82) is 0 Å². The van der Waals surface area contributed by atoms with Gasteiger partial charge < -0.3 is 20.1 Å². The molecule has 1 aliphatic heterocycles. The minimum Gasteiger partial charge on any atom is -0.488 e. The summed E-state index contributed by atoms with van der Waals surface area (Å²) in [5.41, 5.74) is 8.88. The lowest BCUT2D eigenvalue weighted by Crippen LogP contribution is -2.47. The van der Waals surface area contributed by atoms with Crippen molar-refractivity contribution in [2.24, 2.45) is 5.92 Å². The van der Waals surface area contributed by atoms with Crippen molar-refractivity contribution in [2.75, 3.05) is 26.0 Å². The second-order valence-corrected chi connectivity index (χ2v) is 7.25. The molecule has 5 heteroatoms. The molecule has 5 nitrogen and oxygen atoms in total. The Kier molecular flexibility index (Phi) is 5.67. The number of nitrogens with two attached hydrogens (primary N) is 1. The lowest BCUT2D eigenvalue weighted by molar-refractivity contribution is -0.137. The Bertz CT molecular complexity index is 726. The minimum absolute atomic E-state index is 0.0783. The molecule has 0 aromatic heterocycles. The molecule has 3 atom stereocenters. The first-order valence-corrected chi connectivity index (χ1v) is 9.15. The van der Waals surface area contributed by atoms with Gasteiger partial charge in [-0.1, -0.05) is 29.4 Å². The van der Waals surface area contributed by atoms with Gasteiger partial charge in [0.05, 0.1) is 18.6 Å². The van der Waals surface area contributed by atoms with Crippen LogP contribution in [0.25, 0.3) is 0 Å². The Hall–Kier alpha value is -2.27. The van der Waals surface area contributed by atoms with E-state index >= 15 is 0 Å². The first kappa shape index (κ1) is 18.5. The average molecular weight is 356 g/mol. The summed E-state index contributed by atoms with van der Waals surface area (Å²) >= 11 is 0. The maximum Gasteiger partial charge on any atom is 0.230 e. The Morgan fingerprint density at radius 1 is 1.31 bits per heavy atom. The summed E-state index contributed by atoms with van der Waals surface area (Å²) < 4.78 is 11.6. The molecule has 140 valence electrons. The predicted molar refractivity (Wildman–Crippen MR) is 103 cm³/mol. The van der Waals surface area contributed by atoms with Gasteiger partial charge in [-0.3, -0.25) is 4.79 Å². The third kappa shape index (κ3) is 3.93. The second kappa shape index (κ2) is 7.96. The van der Waals surface area contributed by atoms with Crippen LogP contribution in [-0.4, -0.2) is 43.2 Å². The third-order valence-corrected chi connectivity index (χ3v) is 5.25. The van der Waals surface area contributed by atoms with E-state index in [0.29, 0.717) is 18.8 Å². The van der Waals surface area contributed by atoms with Crippen LogP contribution in [0, 0.1) is 5.92 Å². The van der Waals surface area contributed by atoms with E-state index in [9.17, 15) is 4.79 Å². The van der Waals surface area contributed by atoms with E-state index in [1.165, 1.54) is 5.57 Å². The van der Waals surface area contributed by atoms with E-state index in [2.05, 4.69) is 19.1 Å². The number of benzene rings is 1. The lowest BCUT2D eigenvalue weighted by Gasteiger charge is -2.32. The quantitative estimate of drug-likeness (QED) is 0.823. The number of hydrogen-bond donors (Lipinski definition) is 1. The van der Waals surface area contributed by atoms with Crippen LogP contribution < -0.4 is 10.5 Å². The third-order valence-electron chi connectivity index (χ3n) is 5.25. The lowest BCUT2D eigenvalue weighted by atomic mass is 9.87. The van der Waals surface area contributed by atoms with E-state index < -0.39 is 0 Å². The second-order valence-electron chi connectivity index (χ2n) is 7.25. The van der Waals surface area contributed by atoms with Crippen LogP contribution in [0.5, 0.6) is 5.75 Å². The van der Waals surface area contributed by atoms with Crippen molar-refractivity contribution in [3.05, 3.63) is 47.6 Å². The normalized spacial score (nSPS) is 25.7. The zero-order valence-corrected chi connectivity index (χ0v) is 15.8. The molecule has 1 amide bonds. The van der Waals surface area contributed by atoms with Crippen LogP contribution in [0.4, 0.5) is 5.69 Å². The SMILES string of the molecule is COCC1C(Oc2cccc(N)c2)CCN1C(=O)C1CC(C)=CC=C1C. The Labute approximate surface area is 155 Å². The number of likely N-dealkylation sites (tertiary alicyclic amines) is 1. The van der Waals surface area contributed by atoms with Crippen LogP contribution in [0.15, 0.2) is 47.6 Å². The molecule has 1 aliphatic carbocycles. The van der Waals surface area contributed by atoms with Gasteiger partial charge in [-0.2, -0.15) is 0 Å². The maximum atomic E-state index is 13.2. The fraction of sp³-hybridized carbons (Fsp3) is 0.476. The molecule has 3 rings (SSSR count). The van der Waals surface area contributed by atoms with E-state index in [1.807, 2.05) is 36.1 Å². The highest BCUT2D eigenvalue weighted by Gasteiger charge is 2.41. The summed E-state index contributed by atoms with van der Waals surface area (Å²) in [6.07, 6.45) is 5.65. The number of amides is 1. The van der Waals surface area contributed by atoms with Crippen molar-refractivity contribution in [3.63, 3.8) is 0 Å². The standard InChI is InChI=1S/C21H28N2O3/c1-14-7-8-15(2)18(11-14)21(24)23-10-9-20(19(23)13-25-3)26-17-6-4-5-16(22)12-17/h4-8,12,18-20H,9-11,13,22H2,1-3H3. The summed E-state index contributed by atoms with van der Waals surface area (Å²) in [6, 6.07) is 7.33. The van der Waals surface area contributed by atoms with Gasteiger partial charge in [-0.15, -0.1) is 0 Å². The van der Waals surface area contributed by atoms with Crippen LogP contribution in [0.2, 0.25) is 0 Å². The first-order chi connectivity index (χ1) is 12.5. The molecular formula is C21H28N2O3. The average Bonchev–Trinajstić information content (AvgIpc) is 2.99. The van der Waals surface area contributed by atoms with Crippen molar-refractivity contribution in [2.45, 2.75) is 38.8 Å². The van der Waals surface area contributed by atoms with Crippen LogP contribution >= 0.6 is 0 Å². The van der Waals surface area contributed by atoms with Gasteiger partial charge in [0.1, 0.15) is 11.9 Å². The summed E-state index contributed by atoms with van der Waals surface area (Å²) in [5.74, 6) is 0.829. The van der Waals surface area contributed by atoms with Gasteiger partial charge in [0.15, 0.2) is 0 Å². The molecule has 1 saturated heterocycles. The van der Waals surface area contributed by atoms with Crippen LogP contribution in [0.3, 0.4) is 0 Å². The number of nitrogens with zero attached hydrogens (tertiary/aromatic N) is 1. The topological polar surface area (TPSA) is 64.8 Å². The highest BCUT2D eigenvalue weighted by molar-refractivity contribution is 5.83. The molecule has 1 aromatic carbocycles. The van der Waals surface area contributed by atoms with Crippen LogP contribution in [-0.2, 0) is 9.53 Å². The smallest absolute Gasteiger partial charge is 0.230 e. The molecule has 0 bridgehead atoms. The maximum absolute atomic E-state index is 13.2. The van der Waals surface area contributed by atoms with Gasteiger partial charge >= 0.3 is 0 Å². The van der Waals surface area contributed by atoms with Crippen molar-refractivity contribution in [3.8, 4) is 5.75 Å². The van der Waals surface area contributed by atoms with E-state index in [-0.39, 0.29) is 24.0 Å². The number of methoxy groups -OCH3 is 1. The highest BCUT2D eigenvalue weighted by atomic mass is 16.5. The molecule has 2 aliphatic rings. The number of ether oxygens (including phenoxy) is 2. The van der Waals surface area contributed by atoms with Gasteiger partial charge in [0.2, 0.25) is 5.91 Å². The Balaban J connectivity index is 1.74. The predicted octanol–water partition coefficient (Wildman–Crippen LogP) is 3.18. The zero-order chi connectivity index (χ0) is 18.7. The number of carbonyl (C=O) groups excluding carboxylic acids is 1. The van der Waals surface area contributed by atoms with E-state index in [0.717, 1.165) is 24.2 Å². The molecule has 26 heavy (non-hydrogen) atoms. The van der Waals surface area contributed by atoms with Gasteiger partial charge in [-0.05, 0) is 32.4 Å². The highest BCUT2D eigenvalue weighted by Crippen LogP contribution is 2.31. The Morgan fingerprint density at radius 3 is 2.85 bits per heavy atom. The molecule has 1 aromatic rings. The number of nitrogen functional groups attached to an aromatic ring is 1. The van der Waals surface area contributed by atoms with Gasteiger partial charge in [0.25, 0.3) is 0 Å². The number of hydrogen-bond acceptors (Lipinski definition) is 4.